The van der Waals surface area contributed by atoms with E-state index in [1.165, 1.54) is 45.5 Å². The van der Waals surface area contributed by atoms with Crippen LogP contribution in [0.25, 0.3) is 66.1 Å². The molecule has 0 radical (unpaired) electrons. The lowest BCUT2D eigenvalue weighted by Gasteiger charge is -2.22. The summed E-state index contributed by atoms with van der Waals surface area (Å²) in [5.41, 5.74) is -7.71. The van der Waals surface area contributed by atoms with E-state index in [1.54, 1.807) is 24.3 Å². The average molecular weight is 782 g/mol. The number of nitrogens with zero attached hydrogens (tertiary/aromatic N) is 3. The Morgan fingerprint density at radius 3 is 1.29 bits per heavy atom. The summed E-state index contributed by atoms with van der Waals surface area (Å²) >= 11 is 0. The maximum absolute atomic E-state index is 14.9. The summed E-state index contributed by atoms with van der Waals surface area (Å²) in [6.45, 7) is 0. The number of halogens is 12. The monoisotopic (exact) mass is 781 g/mol. The summed E-state index contributed by atoms with van der Waals surface area (Å²) in [4.78, 5) is 0. The molecule has 0 saturated heterocycles. The third kappa shape index (κ3) is 5.87. The van der Waals surface area contributed by atoms with Crippen LogP contribution in [0.15, 0.2) is 115 Å². The first-order valence-electron chi connectivity index (χ1n) is 16.4. The second-order valence-corrected chi connectivity index (χ2v) is 12.9. The molecule has 8 aromatic rings. The van der Waals surface area contributed by atoms with E-state index in [-0.39, 0.29) is 55.8 Å². The van der Waals surface area contributed by atoms with Gasteiger partial charge in [-0.1, -0.05) is 54.6 Å². The normalized spacial score (nSPS) is 13.0. The van der Waals surface area contributed by atoms with Crippen molar-refractivity contribution < 1.29 is 52.7 Å². The molecule has 2 heterocycles. The van der Waals surface area contributed by atoms with Crippen LogP contribution in [0.4, 0.5) is 52.7 Å². The third-order valence-electron chi connectivity index (χ3n) is 9.66. The quantitative estimate of drug-likeness (QED) is 0.164. The lowest BCUT2D eigenvalue weighted by molar-refractivity contribution is -0.143. The van der Waals surface area contributed by atoms with Crippen LogP contribution < -0.4 is 0 Å². The van der Waals surface area contributed by atoms with E-state index >= 15 is 0 Å². The van der Waals surface area contributed by atoms with E-state index in [1.807, 2.05) is 6.07 Å². The molecule has 0 unspecified atom stereocenters. The van der Waals surface area contributed by atoms with E-state index in [2.05, 4.69) is 0 Å². The van der Waals surface area contributed by atoms with Gasteiger partial charge >= 0.3 is 24.7 Å². The van der Waals surface area contributed by atoms with Gasteiger partial charge in [0, 0.05) is 27.1 Å². The van der Waals surface area contributed by atoms with Gasteiger partial charge in [-0.15, -0.1) is 0 Å². The molecule has 2 aromatic heterocycles. The van der Waals surface area contributed by atoms with Crippen LogP contribution in [0.1, 0.15) is 27.8 Å². The summed E-state index contributed by atoms with van der Waals surface area (Å²) < 4.78 is 173. The Morgan fingerprint density at radius 1 is 0.393 bits per heavy atom. The van der Waals surface area contributed by atoms with Crippen molar-refractivity contribution in [2.75, 3.05) is 0 Å². The molecule has 0 amide bonds. The summed E-state index contributed by atoms with van der Waals surface area (Å²) in [5, 5.41) is 11.9. The fourth-order valence-electron chi connectivity index (χ4n) is 7.25. The van der Waals surface area contributed by atoms with Crippen molar-refractivity contribution in [2.45, 2.75) is 24.7 Å². The number of para-hydroxylation sites is 2. The van der Waals surface area contributed by atoms with E-state index in [9.17, 15) is 57.9 Å². The van der Waals surface area contributed by atoms with Crippen molar-refractivity contribution in [3.05, 3.63) is 143 Å². The third-order valence-corrected chi connectivity index (χ3v) is 9.66. The molecule has 0 aliphatic rings. The summed E-state index contributed by atoms with van der Waals surface area (Å²) in [7, 11) is 0. The predicted molar refractivity (Wildman–Crippen MR) is 185 cm³/mol. The Kier molecular flexibility index (Phi) is 8.02. The first-order valence-corrected chi connectivity index (χ1v) is 16.4. The Hall–Kier alpha value is -6.43. The van der Waals surface area contributed by atoms with Gasteiger partial charge in [-0.25, -0.2) is 0 Å². The largest absolute Gasteiger partial charge is 0.417 e. The lowest BCUT2D eigenvalue weighted by Crippen LogP contribution is -2.13. The van der Waals surface area contributed by atoms with Crippen LogP contribution in [0.5, 0.6) is 0 Å². The fraction of sp³-hybridized carbons (Fsp3) is 0.0976. The van der Waals surface area contributed by atoms with Crippen molar-refractivity contribution in [3.8, 4) is 28.6 Å². The van der Waals surface area contributed by atoms with Crippen LogP contribution in [-0.4, -0.2) is 9.13 Å². The number of benzene rings is 6. The van der Waals surface area contributed by atoms with E-state index in [0.29, 0.717) is 22.9 Å². The molecule has 0 N–H and O–H groups in total. The van der Waals surface area contributed by atoms with E-state index in [0.717, 1.165) is 36.4 Å². The topological polar surface area (TPSA) is 33.6 Å². The van der Waals surface area contributed by atoms with Crippen LogP contribution >= 0.6 is 0 Å². The van der Waals surface area contributed by atoms with Gasteiger partial charge in [-0.05, 0) is 66.2 Å². The predicted octanol–water partition coefficient (Wildman–Crippen LogP) is 13.5. The molecular weight excluding hydrogens is 762 g/mol. The van der Waals surface area contributed by atoms with E-state index < -0.39 is 58.1 Å². The Morgan fingerprint density at radius 2 is 0.821 bits per heavy atom. The molecule has 0 aliphatic carbocycles. The molecule has 8 rings (SSSR count). The number of fused-ring (bicyclic) bond motifs is 6. The first-order chi connectivity index (χ1) is 26.3. The molecule has 282 valence electrons. The van der Waals surface area contributed by atoms with Crippen molar-refractivity contribution in [2.24, 2.45) is 0 Å². The van der Waals surface area contributed by atoms with Gasteiger partial charge in [0.05, 0.1) is 61.3 Å². The van der Waals surface area contributed by atoms with Gasteiger partial charge < -0.3 is 9.13 Å². The minimum absolute atomic E-state index is 0.0965. The number of hydrogen-bond acceptors (Lipinski definition) is 1. The summed E-state index contributed by atoms with van der Waals surface area (Å²) in [5.74, 6) is 0. The minimum atomic E-state index is -5.43. The first kappa shape index (κ1) is 36.5. The molecule has 0 bridgehead atoms. The van der Waals surface area contributed by atoms with Crippen LogP contribution in [0.3, 0.4) is 0 Å². The number of nitriles is 1. The number of aromatic nitrogens is 2. The average Bonchev–Trinajstić information content (AvgIpc) is 3.64. The molecule has 0 fully saturated rings. The Bertz CT molecular complexity index is 2930. The van der Waals surface area contributed by atoms with Gasteiger partial charge in [-0.3, -0.25) is 0 Å². The van der Waals surface area contributed by atoms with Crippen molar-refractivity contribution in [1.29, 1.82) is 5.26 Å². The Balaban J connectivity index is 1.57. The fourth-order valence-corrected chi connectivity index (χ4v) is 7.25. The molecule has 56 heavy (non-hydrogen) atoms. The van der Waals surface area contributed by atoms with Gasteiger partial charge in [0.2, 0.25) is 0 Å². The van der Waals surface area contributed by atoms with Crippen LogP contribution in [-0.2, 0) is 24.7 Å². The molecule has 15 heteroatoms. The zero-order valence-electron chi connectivity index (χ0n) is 27.8. The molecular formula is C41H19F12N3. The lowest BCUT2D eigenvalue weighted by atomic mass is 9.93. The highest BCUT2D eigenvalue weighted by atomic mass is 19.4. The maximum Gasteiger partial charge on any atom is 0.417 e. The molecule has 0 spiro atoms. The molecule has 0 atom stereocenters. The van der Waals surface area contributed by atoms with Crippen molar-refractivity contribution in [3.63, 3.8) is 0 Å². The maximum atomic E-state index is 14.9. The second-order valence-electron chi connectivity index (χ2n) is 12.9. The van der Waals surface area contributed by atoms with Gasteiger partial charge in [0.1, 0.15) is 6.07 Å². The highest BCUT2D eigenvalue weighted by Crippen LogP contribution is 2.47. The zero-order chi connectivity index (χ0) is 40.1. The summed E-state index contributed by atoms with van der Waals surface area (Å²) in [6, 6.07) is 22.9. The smallest absolute Gasteiger partial charge is 0.309 e. The Labute approximate surface area is 306 Å². The molecule has 0 saturated carbocycles. The van der Waals surface area contributed by atoms with Gasteiger partial charge in [0.25, 0.3) is 0 Å². The van der Waals surface area contributed by atoms with Crippen LogP contribution in [0, 0.1) is 11.3 Å². The highest BCUT2D eigenvalue weighted by molar-refractivity contribution is 6.11. The standard InChI is InChI=1S/C41H19F12N3/c42-38(43,44)22-9-12-25(31(16-22)41(51,52)53)30-19-34(55-32-7-3-1-5-26(32)28-13-10-23(17-36(28)55)39(45,46)47)21(20-54)15-35(30)56-33-8-4-2-6-27(33)29-14-11-24(18-37(29)56)40(48,49)50/h1-19H. The number of alkyl halides is 12. The summed E-state index contributed by atoms with van der Waals surface area (Å²) in [6.07, 6.45) is -20.4. The number of hydrogen-bond donors (Lipinski definition) is 0. The zero-order valence-corrected chi connectivity index (χ0v) is 27.8. The second kappa shape index (κ2) is 12.3. The van der Waals surface area contributed by atoms with Crippen LogP contribution in [0.2, 0.25) is 0 Å². The van der Waals surface area contributed by atoms with E-state index in [4.69, 9.17) is 0 Å². The molecule has 0 aliphatic heterocycles. The molecule has 3 nitrogen and oxygen atoms in total. The SMILES string of the molecule is N#Cc1cc(-n2c3ccccc3c3ccc(C(F)(F)F)cc32)c(-c2ccc(C(F)(F)F)cc2C(F)(F)F)cc1-n1c2ccccc2c2ccc(C(F)(F)F)cc21. The molecule has 6 aromatic carbocycles. The van der Waals surface area contributed by atoms with Gasteiger partial charge in [-0.2, -0.15) is 57.9 Å². The minimum Gasteiger partial charge on any atom is -0.309 e. The highest BCUT2D eigenvalue weighted by Gasteiger charge is 2.40. The van der Waals surface area contributed by atoms with Crippen molar-refractivity contribution in [1.82, 2.24) is 9.13 Å². The van der Waals surface area contributed by atoms with Crippen molar-refractivity contribution >= 4 is 43.6 Å². The van der Waals surface area contributed by atoms with Gasteiger partial charge in [0.15, 0.2) is 0 Å². The number of rotatable bonds is 3.